The van der Waals surface area contributed by atoms with Gasteiger partial charge in [0.25, 0.3) is 5.91 Å². The van der Waals surface area contributed by atoms with Crippen LogP contribution in [0.4, 0.5) is 4.39 Å². The molecule has 1 unspecified atom stereocenters. The largest absolute Gasteiger partial charge is 0.497 e. The molecule has 2 rings (SSSR count). The highest BCUT2D eigenvalue weighted by Crippen LogP contribution is 2.18. The van der Waals surface area contributed by atoms with Crippen LogP contribution in [0, 0.1) is 5.82 Å². The summed E-state index contributed by atoms with van der Waals surface area (Å²) in [5.74, 6) is 0.885. The minimum Gasteiger partial charge on any atom is -0.497 e. The second kappa shape index (κ2) is 7.63. The van der Waals surface area contributed by atoms with Crippen LogP contribution in [0.25, 0.3) is 0 Å². The van der Waals surface area contributed by atoms with Crippen LogP contribution in [-0.4, -0.2) is 31.1 Å². The van der Waals surface area contributed by atoms with E-state index in [1.54, 1.807) is 62.4 Å². The van der Waals surface area contributed by atoms with Gasteiger partial charge in [-0.05, 0) is 48.9 Å². The van der Waals surface area contributed by atoms with Crippen molar-refractivity contribution in [1.82, 2.24) is 4.90 Å². The van der Waals surface area contributed by atoms with E-state index in [4.69, 9.17) is 9.47 Å². The van der Waals surface area contributed by atoms with Crippen molar-refractivity contribution >= 4 is 5.91 Å². The molecular weight excluding hydrogens is 297 g/mol. The van der Waals surface area contributed by atoms with Crippen molar-refractivity contribution in [3.63, 3.8) is 0 Å². The van der Waals surface area contributed by atoms with E-state index in [2.05, 4.69) is 0 Å². The van der Waals surface area contributed by atoms with E-state index in [9.17, 15) is 9.18 Å². The topological polar surface area (TPSA) is 38.8 Å². The minimum atomic E-state index is -0.617. The molecule has 4 nitrogen and oxygen atoms in total. The molecule has 0 spiro atoms. The molecule has 0 aliphatic rings. The quantitative estimate of drug-likeness (QED) is 0.821. The molecule has 5 heteroatoms. The Kier molecular flexibility index (Phi) is 5.57. The number of benzene rings is 2. The predicted molar refractivity (Wildman–Crippen MR) is 86.0 cm³/mol. The minimum absolute atomic E-state index is 0.148. The van der Waals surface area contributed by atoms with Gasteiger partial charge >= 0.3 is 0 Å². The number of carbonyl (C=O) groups is 1. The number of ether oxygens (including phenoxy) is 2. The van der Waals surface area contributed by atoms with Crippen LogP contribution in [0.1, 0.15) is 12.5 Å². The second-order valence-corrected chi connectivity index (χ2v) is 5.26. The zero-order chi connectivity index (χ0) is 16.8. The first-order valence-corrected chi connectivity index (χ1v) is 7.29. The monoisotopic (exact) mass is 317 g/mol. The van der Waals surface area contributed by atoms with Crippen LogP contribution in [0.2, 0.25) is 0 Å². The maximum absolute atomic E-state index is 12.9. The highest BCUT2D eigenvalue weighted by atomic mass is 19.1. The van der Waals surface area contributed by atoms with Crippen LogP contribution >= 0.6 is 0 Å². The Balaban J connectivity index is 1.93. The number of hydrogen-bond donors (Lipinski definition) is 0. The third kappa shape index (κ3) is 4.71. The van der Waals surface area contributed by atoms with Gasteiger partial charge in [0.2, 0.25) is 0 Å². The number of likely N-dealkylation sites (N-methyl/N-ethyl adjacent to an activating group) is 1. The van der Waals surface area contributed by atoms with E-state index in [0.29, 0.717) is 12.3 Å². The number of amides is 1. The number of carbonyl (C=O) groups excluding carboxylic acids is 1. The van der Waals surface area contributed by atoms with Gasteiger partial charge in [0.05, 0.1) is 7.11 Å². The molecule has 122 valence electrons. The highest BCUT2D eigenvalue weighted by Gasteiger charge is 2.19. The molecule has 1 amide bonds. The van der Waals surface area contributed by atoms with Crippen molar-refractivity contribution < 1.29 is 18.7 Å². The van der Waals surface area contributed by atoms with Crippen LogP contribution in [0.15, 0.2) is 48.5 Å². The summed E-state index contributed by atoms with van der Waals surface area (Å²) in [6, 6.07) is 13.1. The first-order valence-electron chi connectivity index (χ1n) is 7.29. The van der Waals surface area contributed by atoms with Gasteiger partial charge in [0.1, 0.15) is 17.3 Å². The van der Waals surface area contributed by atoms with Gasteiger partial charge < -0.3 is 14.4 Å². The lowest BCUT2D eigenvalue weighted by Gasteiger charge is -2.22. The van der Waals surface area contributed by atoms with Gasteiger partial charge in [0.15, 0.2) is 6.10 Å². The first-order chi connectivity index (χ1) is 11.0. The fraction of sp³-hybridized carbons (Fsp3) is 0.278. The average molecular weight is 317 g/mol. The smallest absolute Gasteiger partial charge is 0.263 e. The van der Waals surface area contributed by atoms with Crippen molar-refractivity contribution in [2.45, 2.75) is 19.6 Å². The zero-order valence-corrected chi connectivity index (χ0v) is 13.5. The van der Waals surface area contributed by atoms with Gasteiger partial charge in [-0.1, -0.05) is 12.1 Å². The molecule has 0 fully saturated rings. The van der Waals surface area contributed by atoms with Crippen molar-refractivity contribution in [3.8, 4) is 11.5 Å². The number of methoxy groups -OCH3 is 1. The van der Waals surface area contributed by atoms with Crippen molar-refractivity contribution in [3.05, 3.63) is 59.9 Å². The molecular formula is C18H20FNO3. The Bertz CT molecular complexity index is 640. The SMILES string of the molecule is COc1ccc(OC(C)C(=O)N(C)Cc2ccc(F)cc2)cc1. The first kappa shape index (κ1) is 16.8. The van der Waals surface area contributed by atoms with E-state index in [1.807, 2.05) is 0 Å². The van der Waals surface area contributed by atoms with Crippen molar-refractivity contribution in [2.75, 3.05) is 14.2 Å². The fourth-order valence-corrected chi connectivity index (χ4v) is 2.16. The Labute approximate surface area is 135 Å². The second-order valence-electron chi connectivity index (χ2n) is 5.26. The van der Waals surface area contributed by atoms with Gasteiger partial charge in [0, 0.05) is 13.6 Å². The van der Waals surface area contributed by atoms with E-state index in [-0.39, 0.29) is 11.7 Å². The molecule has 0 N–H and O–H groups in total. The van der Waals surface area contributed by atoms with Crippen molar-refractivity contribution in [2.24, 2.45) is 0 Å². The number of rotatable bonds is 6. The molecule has 23 heavy (non-hydrogen) atoms. The molecule has 0 heterocycles. The summed E-state index contributed by atoms with van der Waals surface area (Å²) in [6.45, 7) is 2.10. The summed E-state index contributed by atoms with van der Waals surface area (Å²) < 4.78 is 23.6. The van der Waals surface area contributed by atoms with E-state index in [1.165, 1.54) is 12.1 Å². The Morgan fingerprint density at radius 3 is 2.22 bits per heavy atom. The fourth-order valence-electron chi connectivity index (χ4n) is 2.16. The predicted octanol–water partition coefficient (Wildman–Crippen LogP) is 3.26. The third-order valence-corrected chi connectivity index (χ3v) is 3.43. The van der Waals surface area contributed by atoms with Gasteiger partial charge in [-0.2, -0.15) is 0 Å². The van der Waals surface area contributed by atoms with Crippen molar-refractivity contribution in [1.29, 1.82) is 0 Å². The summed E-state index contributed by atoms with van der Waals surface area (Å²) in [4.78, 5) is 13.9. The molecule has 2 aromatic rings. The number of halogens is 1. The average Bonchev–Trinajstić information content (AvgIpc) is 2.56. The lowest BCUT2D eigenvalue weighted by atomic mass is 10.2. The standard InChI is InChI=1S/C18H20FNO3/c1-13(23-17-10-8-16(22-3)9-11-17)18(21)20(2)12-14-4-6-15(19)7-5-14/h4-11,13H,12H2,1-3H3. The molecule has 0 saturated carbocycles. The van der Waals surface area contributed by atoms with Crippen LogP contribution in [0.3, 0.4) is 0 Å². The van der Waals surface area contributed by atoms with Gasteiger partial charge in [-0.3, -0.25) is 4.79 Å². The van der Waals surface area contributed by atoms with Gasteiger partial charge in [-0.15, -0.1) is 0 Å². The van der Waals surface area contributed by atoms with E-state index in [0.717, 1.165) is 11.3 Å². The molecule has 0 bridgehead atoms. The lowest BCUT2D eigenvalue weighted by Crippen LogP contribution is -2.37. The summed E-state index contributed by atoms with van der Waals surface area (Å²) in [5, 5.41) is 0. The molecule has 0 aliphatic heterocycles. The lowest BCUT2D eigenvalue weighted by molar-refractivity contribution is -0.137. The summed E-state index contributed by atoms with van der Waals surface area (Å²) >= 11 is 0. The summed E-state index contributed by atoms with van der Waals surface area (Å²) in [5.41, 5.74) is 0.860. The van der Waals surface area contributed by atoms with Crippen LogP contribution in [0.5, 0.6) is 11.5 Å². The Hall–Kier alpha value is -2.56. The summed E-state index contributed by atoms with van der Waals surface area (Å²) in [6.07, 6.45) is -0.617. The number of hydrogen-bond acceptors (Lipinski definition) is 3. The third-order valence-electron chi connectivity index (χ3n) is 3.43. The molecule has 0 saturated heterocycles. The molecule has 2 aromatic carbocycles. The van der Waals surface area contributed by atoms with Crippen LogP contribution < -0.4 is 9.47 Å². The maximum Gasteiger partial charge on any atom is 0.263 e. The molecule has 0 radical (unpaired) electrons. The van der Waals surface area contributed by atoms with Crippen LogP contribution in [-0.2, 0) is 11.3 Å². The van der Waals surface area contributed by atoms with E-state index < -0.39 is 6.10 Å². The normalized spacial score (nSPS) is 11.7. The zero-order valence-electron chi connectivity index (χ0n) is 13.5. The Morgan fingerprint density at radius 2 is 1.65 bits per heavy atom. The van der Waals surface area contributed by atoms with E-state index >= 15 is 0 Å². The Morgan fingerprint density at radius 1 is 1.09 bits per heavy atom. The van der Waals surface area contributed by atoms with Gasteiger partial charge in [-0.25, -0.2) is 4.39 Å². The molecule has 1 atom stereocenters. The number of nitrogens with zero attached hydrogens (tertiary/aromatic N) is 1. The summed E-state index contributed by atoms with van der Waals surface area (Å²) in [7, 11) is 3.28. The highest BCUT2D eigenvalue weighted by molar-refractivity contribution is 5.80. The molecule has 0 aliphatic carbocycles. The molecule has 0 aromatic heterocycles. The maximum atomic E-state index is 12.9.